The second-order valence-electron chi connectivity index (χ2n) is 11.4. The van der Waals surface area contributed by atoms with E-state index in [4.69, 9.17) is 18.0 Å². The van der Waals surface area contributed by atoms with E-state index in [0.717, 1.165) is 20.2 Å². The number of allylic oxidation sites excluding steroid dienone is 2. The summed E-state index contributed by atoms with van der Waals surface area (Å²) >= 11 is 0. The van der Waals surface area contributed by atoms with Crippen LogP contribution in [0.1, 0.15) is 12.3 Å². The summed E-state index contributed by atoms with van der Waals surface area (Å²) in [4.78, 5) is 0.974. The van der Waals surface area contributed by atoms with E-state index in [9.17, 15) is 31.2 Å². The van der Waals surface area contributed by atoms with Gasteiger partial charge in [0.2, 0.25) is 17.3 Å². The molecule has 0 saturated carbocycles. The van der Waals surface area contributed by atoms with Crippen LogP contribution in [-0.4, -0.2) is 25.9 Å². The number of furan rings is 2. The number of nitriles is 1. The summed E-state index contributed by atoms with van der Waals surface area (Å²) in [6.07, 6.45) is 2.25. The largest absolute Gasteiger partial charge is 1.00 e. The number of aromatic nitrogens is 1. The van der Waals surface area contributed by atoms with E-state index in [2.05, 4.69) is 18.0 Å². The van der Waals surface area contributed by atoms with Crippen molar-refractivity contribution in [1.82, 2.24) is 0 Å². The predicted molar refractivity (Wildman–Crippen MR) is 182 cm³/mol. The van der Waals surface area contributed by atoms with Crippen LogP contribution in [0.25, 0.3) is 61.1 Å². The van der Waals surface area contributed by atoms with Crippen LogP contribution in [0.4, 0.5) is 5.69 Å². The average molecular weight is 758 g/mol. The van der Waals surface area contributed by atoms with Crippen LogP contribution < -0.4 is 65.6 Å². The van der Waals surface area contributed by atoms with E-state index < -0.39 is 31.1 Å². The number of ether oxygens (including phenoxy) is 1. The number of para-hydroxylation sites is 2. The van der Waals surface area contributed by atoms with Crippen molar-refractivity contribution in [3.63, 3.8) is 0 Å². The zero-order valence-electron chi connectivity index (χ0n) is 26.9. The number of hydrogen-bond acceptors (Lipinski definition) is 12. The molecule has 52 heavy (non-hydrogen) atoms. The van der Waals surface area contributed by atoms with Gasteiger partial charge in [0.1, 0.15) is 32.5 Å². The molecule has 7 aromatic rings. The Morgan fingerprint density at radius 2 is 1.48 bits per heavy atom. The third kappa shape index (κ3) is 6.34. The summed E-state index contributed by atoms with van der Waals surface area (Å²) in [5.74, 6) is -1.24. The molecule has 0 amide bonds. The third-order valence-corrected chi connectivity index (χ3v) is 9.52. The fourth-order valence-electron chi connectivity index (χ4n) is 6.15. The van der Waals surface area contributed by atoms with Gasteiger partial charge in [-0.15, -0.1) is 4.57 Å². The Morgan fingerprint density at radius 3 is 2.10 bits per heavy atom. The molecule has 1 aliphatic heterocycles. The Balaban J connectivity index is 0.00000420. The van der Waals surface area contributed by atoms with Crippen molar-refractivity contribution in [2.45, 2.75) is 12.3 Å². The van der Waals surface area contributed by atoms with Gasteiger partial charge in [-0.3, -0.25) is 4.90 Å². The summed E-state index contributed by atoms with van der Waals surface area (Å²) < 4.78 is 99.2. The molecule has 0 unspecified atom stereocenters. The second-order valence-corrected chi connectivity index (χ2v) is 14.1. The summed E-state index contributed by atoms with van der Waals surface area (Å²) in [5.41, 5.74) is 7.05. The number of oxazole rings is 1. The van der Waals surface area contributed by atoms with Crippen molar-refractivity contribution in [3.05, 3.63) is 119 Å². The molecule has 0 spiro atoms. The van der Waals surface area contributed by atoms with Gasteiger partial charge in [-0.2, -0.15) is 5.26 Å². The van der Waals surface area contributed by atoms with Gasteiger partial charge in [-0.05, 0) is 42.1 Å². The number of rotatable bonds is 7. The number of fused-ring (bicyclic) bond motifs is 8. The number of nitrogens with zero attached hydrogens (tertiary/aromatic N) is 3. The maximum Gasteiger partial charge on any atom is 1.00 e. The Bertz CT molecular complexity index is 3080. The van der Waals surface area contributed by atoms with Crippen LogP contribution in [0.2, 0.25) is 0 Å². The number of anilines is 1. The molecule has 0 bridgehead atoms. The maximum absolute atomic E-state index is 12.6. The molecule has 4 aromatic carbocycles. The van der Waals surface area contributed by atoms with Crippen molar-refractivity contribution >= 4 is 87.0 Å². The molecule has 0 fully saturated rings. The Morgan fingerprint density at radius 1 is 0.846 bits per heavy atom. The quantitative estimate of drug-likeness (QED) is 0.0998. The van der Waals surface area contributed by atoms with Crippen LogP contribution in [0.15, 0.2) is 127 Å². The molecule has 0 atom stereocenters. The van der Waals surface area contributed by atoms with Gasteiger partial charge in [-0.1, -0.05) is 42.1 Å². The first-order valence-electron chi connectivity index (χ1n) is 15.0. The van der Waals surface area contributed by atoms with Crippen molar-refractivity contribution < 1.29 is 99.9 Å². The summed E-state index contributed by atoms with van der Waals surface area (Å²) in [7, 11) is -10.1. The van der Waals surface area contributed by atoms with Gasteiger partial charge in [-0.25, -0.2) is 16.8 Å². The minimum atomic E-state index is -5.23. The SMILES string of the molecule is C=C=C=C(N1C(=CC(=Cc2oc3cc4c(cc3[n+]2CS(=O)(=O)[O-])oc2ccccc24)CC#N)Oc2cc3c(cc21)oc1ccccc13)S(=O)(=O)[O-].[K+]. The molecular formula is C36H20KN3O10S2. The van der Waals surface area contributed by atoms with Gasteiger partial charge < -0.3 is 27.1 Å². The first-order chi connectivity index (χ1) is 24.4. The van der Waals surface area contributed by atoms with E-state index in [1.807, 2.05) is 30.3 Å². The minimum absolute atomic E-state index is 0. The summed E-state index contributed by atoms with van der Waals surface area (Å²) in [5, 5.41) is 11.7. The maximum atomic E-state index is 12.6. The molecule has 0 N–H and O–H groups in total. The molecule has 16 heteroatoms. The Kier molecular flexibility index (Phi) is 9.16. The van der Waals surface area contributed by atoms with E-state index >= 15 is 0 Å². The molecule has 8 rings (SSSR count). The zero-order valence-corrected chi connectivity index (χ0v) is 31.7. The minimum Gasteiger partial charge on any atom is -0.743 e. The second kappa shape index (κ2) is 13.4. The van der Waals surface area contributed by atoms with E-state index in [1.165, 1.54) is 18.2 Å². The van der Waals surface area contributed by atoms with Crippen LogP contribution >= 0.6 is 0 Å². The van der Waals surface area contributed by atoms with Crippen LogP contribution in [-0.2, 0) is 26.1 Å². The van der Waals surface area contributed by atoms with Crippen molar-refractivity contribution in [2.24, 2.45) is 0 Å². The van der Waals surface area contributed by atoms with E-state index in [1.54, 1.807) is 42.5 Å². The number of hydrogen-bond donors (Lipinski definition) is 0. The van der Waals surface area contributed by atoms with E-state index in [-0.39, 0.29) is 97.7 Å². The van der Waals surface area contributed by atoms with Crippen molar-refractivity contribution in [3.8, 4) is 11.8 Å². The first-order valence-corrected chi connectivity index (χ1v) is 17.9. The molecule has 0 aliphatic carbocycles. The standard InChI is InChI=1S/C36H21N3O10S2.K/c1-2-7-36(51(43,44)45)39-27-19-31-25(23-9-4-6-11-29(23)47-31)17-33(27)49-35(39)15-21(12-13-37)14-34-38(20-50(40,41)42)26-18-30-24(16-32(26)48-34)22-8-3-5-10-28(22)46-30;/h3-6,8-11,14-19H,1,12,20H2,(H-,40,41,42,43,44,45);/q;+1/p-1. The van der Waals surface area contributed by atoms with Crippen LogP contribution in [0.5, 0.6) is 5.75 Å². The average Bonchev–Trinajstić information content (AvgIpc) is 3.80. The molecule has 0 saturated heterocycles. The first kappa shape index (κ1) is 35.7. The zero-order chi connectivity index (χ0) is 35.7. The molecule has 3 aromatic heterocycles. The third-order valence-electron chi connectivity index (χ3n) is 8.19. The van der Waals surface area contributed by atoms with Gasteiger partial charge >= 0.3 is 57.3 Å². The van der Waals surface area contributed by atoms with E-state index in [0.29, 0.717) is 33.1 Å². The fraction of sp³-hybridized carbons (Fsp3) is 0.0556. The number of benzene rings is 4. The fourth-order valence-corrected chi connectivity index (χ4v) is 7.35. The normalized spacial score (nSPS) is 14.1. The van der Waals surface area contributed by atoms with Crippen LogP contribution in [0.3, 0.4) is 0 Å². The molecule has 0 radical (unpaired) electrons. The van der Waals surface area contributed by atoms with Crippen molar-refractivity contribution in [1.29, 1.82) is 5.26 Å². The summed E-state index contributed by atoms with van der Waals surface area (Å²) in [6, 6.07) is 22.8. The Hall–Kier alpha value is -4.72. The molecule has 252 valence electrons. The van der Waals surface area contributed by atoms with Crippen LogP contribution in [0, 0.1) is 11.3 Å². The predicted octanol–water partition coefficient (Wildman–Crippen LogP) is 3.39. The molecule has 13 nitrogen and oxygen atoms in total. The molecule has 4 heterocycles. The van der Waals surface area contributed by atoms with Crippen molar-refractivity contribution in [2.75, 3.05) is 4.90 Å². The topological polar surface area (TPSA) is 194 Å². The monoisotopic (exact) mass is 757 g/mol. The van der Waals surface area contributed by atoms with Gasteiger partial charge in [0.15, 0.2) is 20.9 Å². The smallest absolute Gasteiger partial charge is 0.743 e. The summed E-state index contributed by atoms with van der Waals surface area (Å²) in [6.45, 7) is 3.37. The Labute approximate surface area is 337 Å². The van der Waals surface area contributed by atoms with Gasteiger partial charge in [0.05, 0.1) is 30.3 Å². The van der Waals surface area contributed by atoms with Gasteiger partial charge in [0, 0.05) is 33.7 Å². The molecular weight excluding hydrogens is 738 g/mol. The molecule has 1 aliphatic rings. The van der Waals surface area contributed by atoms with Gasteiger partial charge in [0.25, 0.3) is 5.52 Å².